The second-order valence-electron chi connectivity index (χ2n) is 1.84. The van der Waals surface area contributed by atoms with Gasteiger partial charge in [0.1, 0.15) is 0 Å². The second-order valence-corrected chi connectivity index (χ2v) is 1.84. The van der Waals surface area contributed by atoms with Gasteiger partial charge >= 0.3 is 0 Å². The second kappa shape index (κ2) is 2.28. The molecule has 0 spiro atoms. The molecule has 1 heterocycles. The molecule has 0 saturated carbocycles. The van der Waals surface area contributed by atoms with Gasteiger partial charge in [-0.15, -0.1) is 0 Å². The number of hydrogen-bond acceptors (Lipinski definition) is 2. The summed E-state index contributed by atoms with van der Waals surface area (Å²) < 4.78 is 0. The maximum Gasteiger partial charge on any atom is 0.0474 e. The summed E-state index contributed by atoms with van der Waals surface area (Å²) in [5.41, 5.74) is 0. The smallest absolute Gasteiger partial charge is 0.0474 e. The molecular weight excluding hydrogens is 90.1 g/mol. The molecule has 0 aromatic heterocycles. The molecule has 2 nitrogen and oxygen atoms in total. The molecule has 0 aliphatic carbocycles. The number of hydrogen-bond donors (Lipinski definition) is 2. The van der Waals surface area contributed by atoms with E-state index in [1.54, 1.807) is 0 Å². The van der Waals surface area contributed by atoms with E-state index in [-0.39, 0.29) is 0 Å². The van der Waals surface area contributed by atoms with Crippen molar-refractivity contribution in [2.24, 2.45) is 5.92 Å². The van der Waals surface area contributed by atoms with Crippen molar-refractivity contribution < 1.29 is 5.11 Å². The highest BCUT2D eigenvalue weighted by atomic mass is 16.3. The molecular formula is C5H10NO. The van der Waals surface area contributed by atoms with Gasteiger partial charge in [-0.25, -0.2) is 0 Å². The fourth-order valence-electron chi connectivity index (χ4n) is 0.741. The lowest BCUT2D eigenvalue weighted by molar-refractivity contribution is 0.254. The van der Waals surface area contributed by atoms with E-state index in [2.05, 4.69) is 11.7 Å². The van der Waals surface area contributed by atoms with Gasteiger partial charge < -0.3 is 10.4 Å². The van der Waals surface area contributed by atoms with Crippen LogP contribution in [0, 0.1) is 12.3 Å². The van der Waals surface area contributed by atoms with Crippen LogP contribution in [-0.4, -0.2) is 24.8 Å². The van der Waals surface area contributed by atoms with E-state index in [9.17, 15) is 0 Å². The van der Waals surface area contributed by atoms with Crippen molar-refractivity contribution in [2.75, 3.05) is 19.7 Å². The average Bonchev–Trinajstić information content (AvgIpc) is 2.14. The van der Waals surface area contributed by atoms with Gasteiger partial charge in [-0.05, 0) is 18.9 Å². The summed E-state index contributed by atoms with van der Waals surface area (Å²) in [5.74, 6) is 0.417. The zero-order valence-electron chi connectivity index (χ0n) is 4.22. The van der Waals surface area contributed by atoms with Crippen LogP contribution in [0.25, 0.3) is 0 Å². The molecule has 1 aliphatic rings. The third-order valence-electron chi connectivity index (χ3n) is 1.24. The first-order valence-corrected chi connectivity index (χ1v) is 2.58. The molecule has 1 unspecified atom stereocenters. The zero-order valence-corrected chi connectivity index (χ0v) is 4.22. The van der Waals surface area contributed by atoms with Gasteiger partial charge in [-0.3, -0.25) is 0 Å². The Balaban J connectivity index is 2.14. The van der Waals surface area contributed by atoms with Crippen LogP contribution in [0.5, 0.6) is 0 Å². The first kappa shape index (κ1) is 5.06. The molecule has 0 aromatic carbocycles. The van der Waals surface area contributed by atoms with Gasteiger partial charge in [0.05, 0.1) is 0 Å². The van der Waals surface area contributed by atoms with Crippen LogP contribution in [0.1, 0.15) is 0 Å². The highest BCUT2D eigenvalue weighted by molar-refractivity contribution is 4.86. The van der Waals surface area contributed by atoms with Crippen molar-refractivity contribution in [1.29, 1.82) is 0 Å². The fourth-order valence-corrected chi connectivity index (χ4v) is 0.741. The maximum absolute atomic E-state index is 8.49. The molecule has 2 N–H and O–H groups in total. The summed E-state index contributed by atoms with van der Waals surface area (Å²) in [5, 5.41) is 11.6. The lowest BCUT2D eigenvalue weighted by Gasteiger charge is -1.97. The van der Waals surface area contributed by atoms with Gasteiger partial charge in [0.2, 0.25) is 0 Å². The first-order chi connectivity index (χ1) is 3.43. The summed E-state index contributed by atoms with van der Waals surface area (Å²) >= 11 is 0. The molecule has 0 aromatic rings. The molecule has 1 aliphatic heterocycles. The Morgan fingerprint density at radius 2 is 2.71 bits per heavy atom. The van der Waals surface area contributed by atoms with Crippen molar-refractivity contribution in [3.8, 4) is 0 Å². The Labute approximate surface area is 43.5 Å². The lowest BCUT2D eigenvalue weighted by Crippen LogP contribution is -2.11. The molecule has 41 valence electrons. The van der Waals surface area contributed by atoms with E-state index in [1.807, 2.05) is 0 Å². The summed E-state index contributed by atoms with van der Waals surface area (Å²) in [7, 11) is 0. The third kappa shape index (κ3) is 1.14. The van der Waals surface area contributed by atoms with Crippen LogP contribution < -0.4 is 5.32 Å². The van der Waals surface area contributed by atoms with Crippen LogP contribution >= 0.6 is 0 Å². The standard InChI is InChI=1S/C5H10NO/c7-4-5-1-2-6-3-5/h1,5-7H,2-4H2. The third-order valence-corrected chi connectivity index (χ3v) is 1.24. The molecule has 0 amide bonds. The Hall–Kier alpha value is -0.0800. The quantitative estimate of drug-likeness (QED) is 0.461. The Morgan fingerprint density at radius 1 is 1.86 bits per heavy atom. The minimum atomic E-state index is 0.299. The zero-order chi connectivity index (χ0) is 5.11. The minimum absolute atomic E-state index is 0.299. The molecule has 1 rings (SSSR count). The molecule has 1 saturated heterocycles. The Kier molecular flexibility index (Phi) is 1.65. The highest BCUT2D eigenvalue weighted by Crippen LogP contribution is 2.02. The van der Waals surface area contributed by atoms with E-state index in [0.29, 0.717) is 12.5 Å². The number of aliphatic hydroxyl groups excluding tert-OH is 1. The van der Waals surface area contributed by atoms with Crippen LogP contribution in [0.2, 0.25) is 0 Å². The average molecular weight is 100 g/mol. The molecule has 1 fully saturated rings. The van der Waals surface area contributed by atoms with Crippen LogP contribution in [-0.2, 0) is 0 Å². The predicted molar refractivity (Wildman–Crippen MR) is 27.7 cm³/mol. The van der Waals surface area contributed by atoms with Crippen molar-refractivity contribution in [3.05, 3.63) is 6.42 Å². The highest BCUT2D eigenvalue weighted by Gasteiger charge is 2.11. The van der Waals surface area contributed by atoms with Gasteiger partial charge in [-0.2, -0.15) is 0 Å². The van der Waals surface area contributed by atoms with E-state index in [0.717, 1.165) is 13.1 Å². The first-order valence-electron chi connectivity index (χ1n) is 2.58. The summed E-state index contributed by atoms with van der Waals surface area (Å²) in [6, 6.07) is 0. The summed E-state index contributed by atoms with van der Waals surface area (Å²) in [6.07, 6.45) is 2.10. The summed E-state index contributed by atoms with van der Waals surface area (Å²) in [6.45, 7) is 2.22. The number of aliphatic hydroxyl groups is 1. The SMILES string of the molecule is OCC1[CH]CNC1. The number of nitrogens with one attached hydrogen (secondary N) is 1. The molecule has 1 radical (unpaired) electrons. The topological polar surface area (TPSA) is 32.3 Å². The van der Waals surface area contributed by atoms with E-state index < -0.39 is 0 Å². The van der Waals surface area contributed by atoms with Gasteiger partial charge in [0.15, 0.2) is 0 Å². The molecule has 2 heteroatoms. The van der Waals surface area contributed by atoms with Crippen molar-refractivity contribution in [1.82, 2.24) is 5.32 Å². The summed E-state index contributed by atoms with van der Waals surface area (Å²) in [4.78, 5) is 0. The molecule has 7 heavy (non-hydrogen) atoms. The Bertz CT molecular complexity index is 50.0. The van der Waals surface area contributed by atoms with Crippen molar-refractivity contribution in [3.63, 3.8) is 0 Å². The van der Waals surface area contributed by atoms with E-state index in [1.165, 1.54) is 0 Å². The fraction of sp³-hybridized carbons (Fsp3) is 0.800. The van der Waals surface area contributed by atoms with Crippen molar-refractivity contribution in [2.45, 2.75) is 0 Å². The number of rotatable bonds is 1. The van der Waals surface area contributed by atoms with E-state index in [4.69, 9.17) is 5.11 Å². The Morgan fingerprint density at radius 3 is 3.00 bits per heavy atom. The maximum atomic E-state index is 8.49. The monoisotopic (exact) mass is 100 g/mol. The molecule has 1 atom stereocenters. The minimum Gasteiger partial charge on any atom is -0.396 e. The normalized spacial score (nSPS) is 31.3. The van der Waals surface area contributed by atoms with Gasteiger partial charge in [0.25, 0.3) is 0 Å². The van der Waals surface area contributed by atoms with Crippen LogP contribution in [0.4, 0.5) is 0 Å². The predicted octanol–water partition coefficient (Wildman–Crippen LogP) is -0.598. The van der Waals surface area contributed by atoms with E-state index >= 15 is 0 Å². The van der Waals surface area contributed by atoms with Crippen LogP contribution in [0.3, 0.4) is 0 Å². The van der Waals surface area contributed by atoms with Gasteiger partial charge in [-0.1, -0.05) is 0 Å². The molecule has 0 bridgehead atoms. The van der Waals surface area contributed by atoms with Crippen LogP contribution in [0.15, 0.2) is 0 Å². The van der Waals surface area contributed by atoms with Crippen molar-refractivity contribution >= 4 is 0 Å². The lowest BCUT2D eigenvalue weighted by atomic mass is 10.1. The van der Waals surface area contributed by atoms with Gasteiger partial charge in [0, 0.05) is 13.2 Å². The largest absolute Gasteiger partial charge is 0.396 e.